The van der Waals surface area contributed by atoms with Crippen molar-refractivity contribution < 1.29 is 19.4 Å². The lowest BCUT2D eigenvalue weighted by Gasteiger charge is -2.30. The van der Waals surface area contributed by atoms with E-state index in [1.165, 1.54) is 4.90 Å². The first-order valence-electron chi connectivity index (χ1n) is 7.15. The second kappa shape index (κ2) is 6.26. The van der Waals surface area contributed by atoms with Gasteiger partial charge in [-0.2, -0.15) is 5.10 Å². The maximum absolute atomic E-state index is 12.6. The molecule has 2 rings (SSSR count). The van der Waals surface area contributed by atoms with E-state index < -0.39 is 12.1 Å². The first-order chi connectivity index (χ1) is 9.93. The Bertz CT molecular complexity index is 538. The number of carbonyl (C=O) groups excluding carboxylic acids is 1. The number of aromatic nitrogens is 2. The van der Waals surface area contributed by atoms with Crippen LogP contribution in [0.5, 0.6) is 0 Å². The number of nitrogens with zero attached hydrogens (tertiary/aromatic N) is 3. The summed E-state index contributed by atoms with van der Waals surface area (Å²) in [4.78, 5) is 25.1. The SMILES string of the molecule is CCn1nc(C(C)C)cc1C(=O)N1CCO[C@@H](C(=O)O)C1. The number of morpholine rings is 1. The van der Waals surface area contributed by atoms with Crippen molar-refractivity contribution in [2.75, 3.05) is 19.7 Å². The molecule has 0 bridgehead atoms. The molecule has 1 aliphatic rings. The first-order valence-corrected chi connectivity index (χ1v) is 7.15. The minimum absolute atomic E-state index is 0.0695. The van der Waals surface area contributed by atoms with Crippen molar-refractivity contribution in [3.05, 3.63) is 17.5 Å². The van der Waals surface area contributed by atoms with Crippen LogP contribution in [0.3, 0.4) is 0 Å². The van der Waals surface area contributed by atoms with E-state index in [1.807, 2.05) is 20.8 Å². The summed E-state index contributed by atoms with van der Waals surface area (Å²) in [5, 5.41) is 13.4. The van der Waals surface area contributed by atoms with E-state index in [4.69, 9.17) is 9.84 Å². The molecule has 0 spiro atoms. The number of amides is 1. The van der Waals surface area contributed by atoms with Gasteiger partial charge in [0.05, 0.1) is 18.8 Å². The zero-order valence-corrected chi connectivity index (χ0v) is 12.6. The molecule has 1 aromatic heterocycles. The van der Waals surface area contributed by atoms with Crippen LogP contribution in [0.4, 0.5) is 0 Å². The molecule has 0 radical (unpaired) electrons. The van der Waals surface area contributed by atoms with Gasteiger partial charge < -0.3 is 14.7 Å². The van der Waals surface area contributed by atoms with Crippen LogP contribution >= 0.6 is 0 Å². The van der Waals surface area contributed by atoms with E-state index >= 15 is 0 Å². The maximum atomic E-state index is 12.6. The highest BCUT2D eigenvalue weighted by Gasteiger charge is 2.31. The summed E-state index contributed by atoms with van der Waals surface area (Å²) in [7, 11) is 0. The Morgan fingerprint density at radius 3 is 2.81 bits per heavy atom. The number of carboxylic acids is 1. The van der Waals surface area contributed by atoms with E-state index in [-0.39, 0.29) is 25.0 Å². The Hall–Kier alpha value is -1.89. The Kier molecular flexibility index (Phi) is 4.62. The van der Waals surface area contributed by atoms with Gasteiger partial charge in [0, 0.05) is 13.1 Å². The first kappa shape index (κ1) is 15.5. The Labute approximate surface area is 123 Å². The highest BCUT2D eigenvalue weighted by molar-refractivity contribution is 5.93. The van der Waals surface area contributed by atoms with Crippen molar-refractivity contribution in [3.63, 3.8) is 0 Å². The molecule has 1 saturated heterocycles. The van der Waals surface area contributed by atoms with Gasteiger partial charge in [-0.3, -0.25) is 9.48 Å². The van der Waals surface area contributed by atoms with Crippen molar-refractivity contribution >= 4 is 11.9 Å². The number of carbonyl (C=O) groups is 2. The van der Waals surface area contributed by atoms with Gasteiger partial charge in [0.15, 0.2) is 6.10 Å². The van der Waals surface area contributed by atoms with Crippen LogP contribution < -0.4 is 0 Å². The van der Waals surface area contributed by atoms with Crippen molar-refractivity contribution in [1.82, 2.24) is 14.7 Å². The summed E-state index contributed by atoms with van der Waals surface area (Å²) in [5.41, 5.74) is 1.37. The van der Waals surface area contributed by atoms with Crippen molar-refractivity contribution in [2.24, 2.45) is 0 Å². The average Bonchev–Trinajstić information content (AvgIpc) is 2.91. The van der Waals surface area contributed by atoms with Crippen molar-refractivity contribution in [3.8, 4) is 0 Å². The molecular formula is C14H21N3O4. The molecule has 1 fully saturated rings. The summed E-state index contributed by atoms with van der Waals surface area (Å²) < 4.78 is 6.81. The van der Waals surface area contributed by atoms with Gasteiger partial charge in [-0.15, -0.1) is 0 Å². The van der Waals surface area contributed by atoms with Crippen LogP contribution in [0.15, 0.2) is 6.07 Å². The summed E-state index contributed by atoms with van der Waals surface area (Å²) in [6.07, 6.45) is -0.953. The summed E-state index contributed by atoms with van der Waals surface area (Å²) in [6.45, 7) is 7.26. The normalized spacial score (nSPS) is 19.0. The number of aliphatic carboxylic acids is 1. The van der Waals surface area contributed by atoms with Gasteiger partial charge in [-0.1, -0.05) is 13.8 Å². The fourth-order valence-electron chi connectivity index (χ4n) is 2.28. The summed E-state index contributed by atoms with van der Waals surface area (Å²) in [6, 6.07) is 1.79. The van der Waals surface area contributed by atoms with Crippen LogP contribution in [0.1, 0.15) is 42.9 Å². The monoisotopic (exact) mass is 295 g/mol. The standard InChI is InChI=1S/C14H21N3O4/c1-4-17-11(7-10(15-17)9(2)3)13(18)16-5-6-21-12(8-16)14(19)20/h7,9,12H,4-6,8H2,1-3H3,(H,19,20)/t12-/m1/s1. The Morgan fingerprint density at radius 2 is 2.24 bits per heavy atom. The quantitative estimate of drug-likeness (QED) is 0.894. The molecule has 1 atom stereocenters. The lowest BCUT2D eigenvalue weighted by Crippen LogP contribution is -2.48. The van der Waals surface area contributed by atoms with E-state index in [0.717, 1.165) is 5.69 Å². The molecule has 7 nitrogen and oxygen atoms in total. The summed E-state index contributed by atoms with van der Waals surface area (Å²) >= 11 is 0. The molecule has 1 aromatic rings. The lowest BCUT2D eigenvalue weighted by molar-refractivity contribution is -0.154. The minimum atomic E-state index is -1.04. The minimum Gasteiger partial charge on any atom is -0.479 e. The third kappa shape index (κ3) is 3.24. The number of rotatable bonds is 4. The van der Waals surface area contributed by atoms with Crippen LogP contribution in [-0.2, 0) is 16.1 Å². The van der Waals surface area contributed by atoms with Crippen LogP contribution in [0, 0.1) is 0 Å². The number of carboxylic acid groups (broad SMARTS) is 1. The Morgan fingerprint density at radius 1 is 1.52 bits per heavy atom. The molecule has 0 aromatic carbocycles. The predicted octanol–water partition coefficient (Wildman–Crippen LogP) is 0.952. The third-order valence-electron chi connectivity index (χ3n) is 3.54. The second-order valence-corrected chi connectivity index (χ2v) is 5.37. The molecule has 1 aliphatic heterocycles. The van der Waals surface area contributed by atoms with Crippen molar-refractivity contribution in [2.45, 2.75) is 39.3 Å². The zero-order chi connectivity index (χ0) is 15.6. The predicted molar refractivity (Wildman–Crippen MR) is 75.3 cm³/mol. The molecule has 7 heteroatoms. The molecule has 1 N–H and O–H groups in total. The average molecular weight is 295 g/mol. The van der Waals surface area contributed by atoms with Crippen LogP contribution in [0.2, 0.25) is 0 Å². The van der Waals surface area contributed by atoms with Crippen molar-refractivity contribution in [1.29, 1.82) is 0 Å². The molecule has 1 amide bonds. The van der Waals surface area contributed by atoms with E-state index in [2.05, 4.69) is 5.10 Å². The molecule has 2 heterocycles. The molecule has 21 heavy (non-hydrogen) atoms. The highest BCUT2D eigenvalue weighted by atomic mass is 16.5. The van der Waals surface area contributed by atoms with Gasteiger partial charge in [0.2, 0.25) is 0 Å². The van der Waals surface area contributed by atoms with Crippen LogP contribution in [0.25, 0.3) is 0 Å². The molecule has 0 unspecified atom stereocenters. The number of aryl methyl sites for hydroxylation is 1. The molecular weight excluding hydrogens is 274 g/mol. The maximum Gasteiger partial charge on any atom is 0.334 e. The topological polar surface area (TPSA) is 84.7 Å². The van der Waals surface area contributed by atoms with Gasteiger partial charge >= 0.3 is 5.97 Å². The fraction of sp³-hybridized carbons (Fsp3) is 0.643. The smallest absolute Gasteiger partial charge is 0.334 e. The van der Waals surface area contributed by atoms with E-state index in [9.17, 15) is 9.59 Å². The zero-order valence-electron chi connectivity index (χ0n) is 12.6. The Balaban J connectivity index is 2.21. The van der Waals surface area contributed by atoms with Crippen LogP contribution in [-0.4, -0.2) is 57.5 Å². The second-order valence-electron chi connectivity index (χ2n) is 5.37. The number of ether oxygens (including phenoxy) is 1. The summed E-state index contributed by atoms with van der Waals surface area (Å²) in [5.74, 6) is -0.994. The van der Waals surface area contributed by atoms with Gasteiger partial charge in [0.1, 0.15) is 5.69 Å². The van der Waals surface area contributed by atoms with E-state index in [0.29, 0.717) is 18.8 Å². The highest BCUT2D eigenvalue weighted by Crippen LogP contribution is 2.17. The van der Waals surface area contributed by atoms with Gasteiger partial charge in [-0.05, 0) is 18.9 Å². The lowest BCUT2D eigenvalue weighted by atomic mass is 10.1. The molecule has 116 valence electrons. The third-order valence-corrected chi connectivity index (χ3v) is 3.54. The number of hydrogen-bond acceptors (Lipinski definition) is 4. The van der Waals surface area contributed by atoms with Gasteiger partial charge in [0.25, 0.3) is 5.91 Å². The van der Waals surface area contributed by atoms with E-state index in [1.54, 1.807) is 10.7 Å². The number of hydrogen-bond donors (Lipinski definition) is 1. The fourth-order valence-corrected chi connectivity index (χ4v) is 2.28. The molecule has 0 saturated carbocycles. The van der Waals surface area contributed by atoms with Gasteiger partial charge in [-0.25, -0.2) is 4.79 Å². The largest absolute Gasteiger partial charge is 0.479 e. The molecule has 0 aliphatic carbocycles.